The molecule has 2 aromatic heterocycles. The van der Waals surface area contributed by atoms with Crippen LogP contribution < -0.4 is 15.4 Å². The van der Waals surface area contributed by atoms with Crippen LogP contribution in [0.2, 0.25) is 0 Å². The van der Waals surface area contributed by atoms with E-state index in [0.29, 0.717) is 11.1 Å². The number of nitrogens with one attached hydrogen (secondary N) is 2. The molecule has 10 heteroatoms. The van der Waals surface area contributed by atoms with Gasteiger partial charge in [0, 0.05) is 36.5 Å². The van der Waals surface area contributed by atoms with Crippen molar-refractivity contribution in [2.75, 3.05) is 11.9 Å². The second-order valence-electron chi connectivity index (χ2n) is 6.16. The molecule has 0 aliphatic carbocycles. The Balaban J connectivity index is 1.90. The number of carbonyl (C=O) groups excluding carboxylic acids is 2. The molecule has 0 saturated heterocycles. The number of hydrogen-bond acceptors (Lipinski definition) is 5. The predicted molar refractivity (Wildman–Crippen MR) is 94.7 cm³/mol. The first-order valence-corrected chi connectivity index (χ1v) is 8.33. The molecule has 0 unspecified atom stereocenters. The minimum Gasteiger partial charge on any atom is -0.468 e. The van der Waals surface area contributed by atoms with Crippen molar-refractivity contribution in [2.45, 2.75) is 26.6 Å². The van der Waals surface area contributed by atoms with Crippen molar-refractivity contribution >= 4 is 17.6 Å². The summed E-state index contributed by atoms with van der Waals surface area (Å²) in [5, 5.41) is 5.26. The molecule has 0 atom stereocenters. The van der Waals surface area contributed by atoms with Gasteiger partial charge >= 0.3 is 6.18 Å². The molecule has 2 rings (SSSR count). The molecule has 0 aromatic carbocycles. The number of carbonyl (C=O) groups is 2. The van der Waals surface area contributed by atoms with Crippen molar-refractivity contribution in [2.24, 2.45) is 5.92 Å². The van der Waals surface area contributed by atoms with Gasteiger partial charge in [-0.05, 0) is 17.7 Å². The highest BCUT2D eigenvalue weighted by atomic mass is 19.4. The van der Waals surface area contributed by atoms with Crippen LogP contribution in [0.5, 0.6) is 5.88 Å². The van der Waals surface area contributed by atoms with E-state index in [1.54, 1.807) is 13.8 Å². The maximum Gasteiger partial charge on any atom is 0.422 e. The summed E-state index contributed by atoms with van der Waals surface area (Å²) in [6, 6.07) is 5.73. The van der Waals surface area contributed by atoms with Gasteiger partial charge in [0.25, 0.3) is 5.91 Å². The Hall–Kier alpha value is -3.17. The molecule has 0 aliphatic heterocycles. The number of rotatable bonds is 7. The van der Waals surface area contributed by atoms with Crippen LogP contribution in [0.4, 0.5) is 19.0 Å². The van der Waals surface area contributed by atoms with Crippen LogP contribution in [0, 0.1) is 5.92 Å². The van der Waals surface area contributed by atoms with Crippen LogP contribution in [0.1, 0.15) is 29.8 Å². The van der Waals surface area contributed by atoms with E-state index in [1.807, 2.05) is 0 Å². The average Bonchev–Trinajstić information content (AvgIpc) is 2.64. The topological polar surface area (TPSA) is 93.2 Å². The van der Waals surface area contributed by atoms with Crippen LogP contribution >= 0.6 is 0 Å². The molecule has 0 fully saturated rings. The summed E-state index contributed by atoms with van der Waals surface area (Å²) in [4.78, 5) is 31.7. The lowest BCUT2D eigenvalue weighted by molar-refractivity contribution is -0.154. The van der Waals surface area contributed by atoms with E-state index in [4.69, 9.17) is 0 Å². The second kappa shape index (κ2) is 9.16. The summed E-state index contributed by atoms with van der Waals surface area (Å²) in [6.07, 6.45) is -1.72. The summed E-state index contributed by atoms with van der Waals surface area (Å²) in [6.45, 7) is 2.16. The summed E-state index contributed by atoms with van der Waals surface area (Å²) in [5.74, 6) is -0.745. The van der Waals surface area contributed by atoms with Gasteiger partial charge in [0.15, 0.2) is 6.61 Å². The number of aromatic nitrogens is 2. The molecule has 28 heavy (non-hydrogen) atoms. The normalized spacial score (nSPS) is 11.2. The highest BCUT2D eigenvalue weighted by Gasteiger charge is 2.28. The molecule has 0 spiro atoms. The SMILES string of the molecule is CC(C)C(=O)Nc1cc(C(=O)NCc2ccc(OCC(F)(F)F)nc2)ccn1. The summed E-state index contributed by atoms with van der Waals surface area (Å²) in [5.41, 5.74) is 0.877. The highest BCUT2D eigenvalue weighted by Crippen LogP contribution is 2.17. The lowest BCUT2D eigenvalue weighted by atomic mass is 10.2. The Bertz CT molecular complexity index is 824. The van der Waals surface area contributed by atoms with Gasteiger partial charge in [-0.2, -0.15) is 13.2 Å². The lowest BCUT2D eigenvalue weighted by Crippen LogP contribution is -2.24. The smallest absolute Gasteiger partial charge is 0.422 e. The van der Waals surface area contributed by atoms with E-state index in [1.165, 1.54) is 36.7 Å². The Kier molecular flexibility index (Phi) is 6.91. The third-order valence-electron chi connectivity index (χ3n) is 3.43. The molecule has 0 saturated carbocycles. The fourth-order valence-corrected chi connectivity index (χ4v) is 1.95. The minimum atomic E-state index is -4.44. The largest absolute Gasteiger partial charge is 0.468 e. The Morgan fingerprint density at radius 3 is 2.54 bits per heavy atom. The van der Waals surface area contributed by atoms with Crippen molar-refractivity contribution < 1.29 is 27.5 Å². The molecule has 2 aromatic rings. The third kappa shape index (κ3) is 6.86. The van der Waals surface area contributed by atoms with Gasteiger partial charge in [-0.1, -0.05) is 19.9 Å². The zero-order valence-electron chi connectivity index (χ0n) is 15.2. The molecule has 150 valence electrons. The number of hydrogen-bond donors (Lipinski definition) is 2. The van der Waals surface area contributed by atoms with Crippen molar-refractivity contribution in [3.63, 3.8) is 0 Å². The van der Waals surface area contributed by atoms with Crippen molar-refractivity contribution in [1.29, 1.82) is 0 Å². The fraction of sp³-hybridized carbons (Fsp3) is 0.333. The van der Waals surface area contributed by atoms with Gasteiger partial charge in [-0.15, -0.1) is 0 Å². The number of pyridine rings is 2. The minimum absolute atomic E-state index is 0.112. The van der Waals surface area contributed by atoms with Crippen LogP contribution in [-0.2, 0) is 11.3 Å². The molecule has 2 N–H and O–H groups in total. The number of nitrogens with zero attached hydrogens (tertiary/aromatic N) is 2. The highest BCUT2D eigenvalue weighted by molar-refractivity contribution is 5.96. The third-order valence-corrected chi connectivity index (χ3v) is 3.43. The van der Waals surface area contributed by atoms with Crippen LogP contribution in [0.3, 0.4) is 0 Å². The van der Waals surface area contributed by atoms with Gasteiger partial charge < -0.3 is 15.4 Å². The molecule has 7 nitrogen and oxygen atoms in total. The van der Waals surface area contributed by atoms with E-state index >= 15 is 0 Å². The van der Waals surface area contributed by atoms with Gasteiger partial charge in [0.05, 0.1) is 0 Å². The predicted octanol–water partition coefficient (Wildman–Crippen LogP) is 2.94. The van der Waals surface area contributed by atoms with E-state index in [0.717, 1.165) is 0 Å². The maximum absolute atomic E-state index is 12.2. The quantitative estimate of drug-likeness (QED) is 0.751. The number of alkyl halides is 3. The standard InChI is InChI=1S/C18H19F3N4O3/c1-11(2)16(26)25-14-7-13(5-6-22-14)17(27)24-9-12-3-4-15(23-8-12)28-10-18(19,20)21/h3-8,11H,9-10H2,1-2H3,(H,24,27)(H,22,25,26). The monoisotopic (exact) mass is 396 g/mol. The zero-order chi connectivity index (χ0) is 20.7. The van der Waals surface area contributed by atoms with Crippen LogP contribution in [0.15, 0.2) is 36.7 Å². The molecular formula is C18H19F3N4O3. The van der Waals surface area contributed by atoms with Crippen LogP contribution in [-0.4, -0.2) is 34.6 Å². The van der Waals surface area contributed by atoms with Crippen molar-refractivity contribution in [1.82, 2.24) is 15.3 Å². The van der Waals surface area contributed by atoms with E-state index < -0.39 is 18.7 Å². The molecule has 0 aliphatic rings. The second-order valence-corrected chi connectivity index (χ2v) is 6.16. The summed E-state index contributed by atoms with van der Waals surface area (Å²) >= 11 is 0. The van der Waals surface area contributed by atoms with E-state index in [-0.39, 0.29) is 30.1 Å². The van der Waals surface area contributed by atoms with Gasteiger partial charge in [-0.25, -0.2) is 9.97 Å². The first kappa shape index (κ1) is 21.1. The van der Waals surface area contributed by atoms with Gasteiger partial charge in [0.2, 0.25) is 11.8 Å². The fourth-order valence-electron chi connectivity index (χ4n) is 1.95. The maximum atomic E-state index is 12.2. The van der Waals surface area contributed by atoms with E-state index in [9.17, 15) is 22.8 Å². The van der Waals surface area contributed by atoms with Gasteiger partial charge in [0.1, 0.15) is 5.82 Å². The zero-order valence-corrected chi connectivity index (χ0v) is 15.2. The number of anilines is 1. The molecule has 2 amide bonds. The Morgan fingerprint density at radius 1 is 1.18 bits per heavy atom. The lowest BCUT2D eigenvalue weighted by Gasteiger charge is -2.10. The van der Waals surface area contributed by atoms with Crippen LogP contribution in [0.25, 0.3) is 0 Å². The number of amides is 2. The Labute approximate surface area is 159 Å². The first-order chi connectivity index (χ1) is 13.1. The Morgan fingerprint density at radius 2 is 1.93 bits per heavy atom. The average molecular weight is 396 g/mol. The first-order valence-electron chi connectivity index (χ1n) is 8.33. The van der Waals surface area contributed by atoms with Crippen molar-refractivity contribution in [3.8, 4) is 5.88 Å². The molecule has 0 radical (unpaired) electrons. The number of halogens is 3. The summed E-state index contributed by atoms with van der Waals surface area (Å²) in [7, 11) is 0. The van der Waals surface area contributed by atoms with Gasteiger partial charge in [-0.3, -0.25) is 9.59 Å². The van der Waals surface area contributed by atoms with E-state index in [2.05, 4.69) is 25.3 Å². The summed E-state index contributed by atoms with van der Waals surface area (Å²) < 4.78 is 40.8. The number of ether oxygens (including phenoxy) is 1. The van der Waals surface area contributed by atoms with Crippen molar-refractivity contribution in [3.05, 3.63) is 47.8 Å². The molecular weight excluding hydrogens is 377 g/mol. The molecule has 0 bridgehead atoms. The molecule has 2 heterocycles.